The lowest BCUT2D eigenvalue weighted by Crippen LogP contribution is -2.30. The molecule has 0 saturated carbocycles. The number of anilines is 1. The summed E-state index contributed by atoms with van der Waals surface area (Å²) in [5, 5.41) is 17.7. The van der Waals surface area contributed by atoms with E-state index in [9.17, 15) is 0 Å². The number of rotatable bonds is 2. The first-order valence-electron chi connectivity index (χ1n) is 3.71. The van der Waals surface area contributed by atoms with E-state index in [2.05, 4.69) is 20.9 Å². The lowest BCUT2D eigenvalue weighted by Gasteiger charge is -2.13. The molecule has 0 amide bonds. The van der Waals surface area contributed by atoms with E-state index in [1.54, 1.807) is 6.07 Å². The van der Waals surface area contributed by atoms with E-state index in [1.165, 1.54) is 6.20 Å². The Hall–Kier alpha value is -0.585. The van der Waals surface area contributed by atoms with Crippen molar-refractivity contribution in [2.75, 3.05) is 19.0 Å². The van der Waals surface area contributed by atoms with E-state index in [0.717, 1.165) is 10.3 Å². The van der Waals surface area contributed by atoms with Gasteiger partial charge in [-0.05, 0) is 22.0 Å². The number of halogens is 1. The molecule has 4 nitrogen and oxygen atoms in total. The fraction of sp³-hybridized carbons (Fsp3) is 0.286. The molecule has 6 heteroatoms. The van der Waals surface area contributed by atoms with Crippen molar-refractivity contribution in [3.05, 3.63) is 16.7 Å². The van der Waals surface area contributed by atoms with Gasteiger partial charge in [0.2, 0.25) is 0 Å². The number of hydrogen-bond donors (Lipinski definition) is 2. The predicted molar refractivity (Wildman–Crippen MR) is 56.1 cm³/mol. The maximum Gasteiger partial charge on any atom is 0.490 e. The maximum atomic E-state index is 8.86. The molecule has 0 saturated heterocycles. The van der Waals surface area contributed by atoms with Crippen LogP contribution in [-0.2, 0) is 0 Å². The van der Waals surface area contributed by atoms with Crippen LogP contribution in [0.5, 0.6) is 0 Å². The minimum absolute atomic E-state index is 0.373. The van der Waals surface area contributed by atoms with Gasteiger partial charge >= 0.3 is 7.12 Å². The Morgan fingerprint density at radius 2 is 2.08 bits per heavy atom. The van der Waals surface area contributed by atoms with Crippen molar-refractivity contribution in [2.45, 2.75) is 0 Å². The van der Waals surface area contributed by atoms with Crippen molar-refractivity contribution in [1.82, 2.24) is 4.98 Å². The first kappa shape index (κ1) is 10.5. The van der Waals surface area contributed by atoms with Gasteiger partial charge in [-0.2, -0.15) is 0 Å². The first-order chi connectivity index (χ1) is 6.02. The van der Waals surface area contributed by atoms with E-state index in [4.69, 9.17) is 10.0 Å². The Morgan fingerprint density at radius 1 is 1.46 bits per heavy atom. The highest BCUT2D eigenvalue weighted by atomic mass is 79.9. The number of hydrogen-bond acceptors (Lipinski definition) is 4. The Labute approximate surface area is 85.5 Å². The average Bonchev–Trinajstić information content (AvgIpc) is 2.03. The zero-order chi connectivity index (χ0) is 10.0. The largest absolute Gasteiger partial charge is 0.490 e. The van der Waals surface area contributed by atoms with Crippen molar-refractivity contribution in [2.24, 2.45) is 0 Å². The molecule has 0 aliphatic carbocycles. The summed E-state index contributed by atoms with van der Waals surface area (Å²) >= 11 is 3.29. The molecular formula is C7H10BBrN2O2. The van der Waals surface area contributed by atoms with Gasteiger partial charge in [0.15, 0.2) is 0 Å². The molecule has 0 radical (unpaired) electrons. The van der Waals surface area contributed by atoms with Gasteiger partial charge in [-0.1, -0.05) is 0 Å². The van der Waals surface area contributed by atoms with Crippen LogP contribution in [0.2, 0.25) is 0 Å². The molecule has 1 aromatic rings. The zero-order valence-electron chi connectivity index (χ0n) is 7.40. The van der Waals surface area contributed by atoms with Crippen molar-refractivity contribution in [3.8, 4) is 0 Å². The van der Waals surface area contributed by atoms with Crippen molar-refractivity contribution < 1.29 is 10.0 Å². The fourth-order valence-corrected chi connectivity index (χ4v) is 1.64. The van der Waals surface area contributed by atoms with Crippen LogP contribution in [0.15, 0.2) is 16.7 Å². The highest BCUT2D eigenvalue weighted by molar-refractivity contribution is 9.10. The van der Waals surface area contributed by atoms with Crippen LogP contribution in [0, 0.1) is 0 Å². The third-order valence-electron chi connectivity index (χ3n) is 1.56. The molecule has 0 aromatic carbocycles. The monoisotopic (exact) mass is 244 g/mol. The van der Waals surface area contributed by atoms with Gasteiger partial charge in [0.05, 0.1) is 4.47 Å². The van der Waals surface area contributed by atoms with E-state index in [0.29, 0.717) is 5.46 Å². The second kappa shape index (κ2) is 4.08. The maximum absolute atomic E-state index is 8.86. The van der Waals surface area contributed by atoms with Gasteiger partial charge in [-0.3, -0.25) is 0 Å². The van der Waals surface area contributed by atoms with Gasteiger partial charge in [0.1, 0.15) is 5.82 Å². The molecule has 1 rings (SSSR count). The van der Waals surface area contributed by atoms with Gasteiger partial charge in [-0.15, -0.1) is 0 Å². The summed E-state index contributed by atoms with van der Waals surface area (Å²) in [6.07, 6.45) is 1.44. The van der Waals surface area contributed by atoms with Crippen LogP contribution in [0.1, 0.15) is 0 Å². The molecule has 0 spiro atoms. The number of nitrogens with zero attached hydrogens (tertiary/aromatic N) is 2. The second-order valence-corrected chi connectivity index (χ2v) is 3.70. The van der Waals surface area contributed by atoms with Gasteiger partial charge in [0.25, 0.3) is 0 Å². The molecule has 1 heterocycles. The summed E-state index contributed by atoms with van der Waals surface area (Å²) in [4.78, 5) is 5.89. The molecule has 0 bridgehead atoms. The van der Waals surface area contributed by atoms with Crippen molar-refractivity contribution >= 4 is 34.3 Å². The van der Waals surface area contributed by atoms with Crippen LogP contribution < -0.4 is 10.4 Å². The summed E-state index contributed by atoms with van der Waals surface area (Å²) in [7, 11) is 2.25. The van der Waals surface area contributed by atoms with Gasteiger partial charge in [0, 0.05) is 25.8 Å². The van der Waals surface area contributed by atoms with Gasteiger partial charge < -0.3 is 14.9 Å². The molecule has 0 aliphatic heterocycles. The van der Waals surface area contributed by atoms with E-state index >= 15 is 0 Å². The summed E-state index contributed by atoms with van der Waals surface area (Å²) < 4.78 is 0.739. The Kier molecular flexibility index (Phi) is 3.30. The Morgan fingerprint density at radius 3 is 2.46 bits per heavy atom. The van der Waals surface area contributed by atoms with Crippen molar-refractivity contribution in [3.63, 3.8) is 0 Å². The molecule has 0 aliphatic rings. The number of pyridine rings is 1. The summed E-state index contributed by atoms with van der Waals surface area (Å²) in [5.41, 5.74) is 0.373. The minimum Gasteiger partial charge on any atom is -0.423 e. The third kappa shape index (κ3) is 2.43. The SMILES string of the molecule is CN(C)c1ncc(B(O)O)cc1Br. The Balaban J connectivity index is 3.06. The van der Waals surface area contributed by atoms with E-state index < -0.39 is 7.12 Å². The highest BCUT2D eigenvalue weighted by Crippen LogP contribution is 2.19. The highest BCUT2D eigenvalue weighted by Gasteiger charge is 2.13. The first-order valence-corrected chi connectivity index (χ1v) is 4.50. The molecule has 0 fully saturated rings. The van der Waals surface area contributed by atoms with Crippen LogP contribution in [0.4, 0.5) is 5.82 Å². The average molecular weight is 245 g/mol. The quantitative estimate of drug-likeness (QED) is 0.695. The summed E-state index contributed by atoms with van der Waals surface area (Å²) in [5.74, 6) is 0.754. The van der Waals surface area contributed by atoms with Crippen LogP contribution in [0.3, 0.4) is 0 Å². The molecule has 0 atom stereocenters. The lowest BCUT2D eigenvalue weighted by atomic mass is 9.82. The second-order valence-electron chi connectivity index (χ2n) is 2.84. The van der Waals surface area contributed by atoms with E-state index in [1.807, 2.05) is 19.0 Å². The molecule has 1 aromatic heterocycles. The molecular weight excluding hydrogens is 235 g/mol. The normalized spacial score (nSPS) is 9.92. The summed E-state index contributed by atoms with van der Waals surface area (Å²) in [6.45, 7) is 0. The fourth-order valence-electron chi connectivity index (χ4n) is 0.916. The Bertz CT molecular complexity index is 307. The predicted octanol–water partition coefficient (Wildman–Crippen LogP) is -0.410. The lowest BCUT2D eigenvalue weighted by molar-refractivity contribution is 0.425. The van der Waals surface area contributed by atoms with E-state index in [-0.39, 0.29) is 0 Å². The smallest absolute Gasteiger partial charge is 0.423 e. The van der Waals surface area contributed by atoms with Crippen LogP contribution in [-0.4, -0.2) is 36.2 Å². The molecule has 13 heavy (non-hydrogen) atoms. The molecule has 0 unspecified atom stereocenters. The standard InChI is InChI=1S/C7H10BBrN2O2/c1-11(2)7-6(9)3-5(4-10-7)8(12)13/h3-4,12-13H,1-2H3. The third-order valence-corrected chi connectivity index (χ3v) is 2.15. The molecule has 2 N–H and O–H groups in total. The zero-order valence-corrected chi connectivity index (χ0v) is 8.98. The topological polar surface area (TPSA) is 56.6 Å². The van der Waals surface area contributed by atoms with Gasteiger partial charge in [-0.25, -0.2) is 4.98 Å². The number of aromatic nitrogens is 1. The molecule has 70 valence electrons. The van der Waals surface area contributed by atoms with Crippen molar-refractivity contribution in [1.29, 1.82) is 0 Å². The minimum atomic E-state index is -1.47. The van der Waals surface area contributed by atoms with Crippen LogP contribution >= 0.6 is 15.9 Å². The summed E-state index contributed by atoms with van der Waals surface area (Å²) in [6, 6.07) is 1.63. The van der Waals surface area contributed by atoms with Crippen LogP contribution in [0.25, 0.3) is 0 Å².